The molecule has 6 nitrogen and oxygen atoms in total. The molecule has 1 atom stereocenters. The van der Waals surface area contributed by atoms with Crippen LogP contribution in [0.2, 0.25) is 0 Å². The van der Waals surface area contributed by atoms with Gasteiger partial charge in [-0.2, -0.15) is 0 Å². The molecule has 1 aromatic rings. The second kappa shape index (κ2) is 7.47. The van der Waals surface area contributed by atoms with Gasteiger partial charge >= 0.3 is 11.9 Å². The number of terminal acetylenes is 1. The highest BCUT2D eigenvalue weighted by atomic mass is 16.5. The lowest BCUT2D eigenvalue weighted by molar-refractivity contribution is -0.138. The first-order chi connectivity index (χ1) is 11.5. The number of allylic oxidation sites excluding steroid dienone is 2. The lowest BCUT2D eigenvalue weighted by Gasteiger charge is -2.29. The van der Waals surface area contributed by atoms with Gasteiger partial charge in [-0.3, -0.25) is 4.98 Å². The summed E-state index contributed by atoms with van der Waals surface area (Å²) in [4.78, 5) is 29.1. The molecule has 0 spiro atoms. The van der Waals surface area contributed by atoms with E-state index in [1.165, 1.54) is 7.11 Å². The first kappa shape index (κ1) is 17.3. The van der Waals surface area contributed by atoms with Crippen LogP contribution < -0.4 is 5.32 Å². The van der Waals surface area contributed by atoms with Gasteiger partial charge in [0.15, 0.2) is 6.61 Å². The van der Waals surface area contributed by atoms with Crippen LogP contribution in [-0.4, -0.2) is 30.6 Å². The molecule has 0 radical (unpaired) electrons. The summed E-state index contributed by atoms with van der Waals surface area (Å²) in [5.74, 6) is 0.435. The molecule has 1 aromatic heterocycles. The molecule has 0 saturated heterocycles. The molecule has 1 unspecified atom stereocenters. The quantitative estimate of drug-likeness (QED) is 0.670. The molecule has 1 aliphatic rings. The number of esters is 2. The van der Waals surface area contributed by atoms with Gasteiger partial charge in [0.1, 0.15) is 0 Å². The minimum Gasteiger partial charge on any atom is -0.466 e. The molecular formula is C18H18N2O4. The second-order valence-electron chi connectivity index (χ2n) is 5.16. The van der Waals surface area contributed by atoms with E-state index in [2.05, 4.69) is 16.2 Å². The Kier molecular flexibility index (Phi) is 5.38. The molecule has 1 N–H and O–H groups in total. The number of pyridine rings is 1. The molecule has 0 aliphatic carbocycles. The molecular weight excluding hydrogens is 308 g/mol. The second-order valence-corrected chi connectivity index (χ2v) is 5.16. The van der Waals surface area contributed by atoms with E-state index in [9.17, 15) is 9.59 Å². The van der Waals surface area contributed by atoms with Gasteiger partial charge in [0, 0.05) is 17.6 Å². The van der Waals surface area contributed by atoms with Crippen LogP contribution >= 0.6 is 0 Å². The van der Waals surface area contributed by atoms with Crippen LogP contribution in [0.3, 0.4) is 0 Å². The number of methoxy groups -OCH3 is 1. The number of carbonyl (C=O) groups is 2. The topological polar surface area (TPSA) is 77.5 Å². The highest BCUT2D eigenvalue weighted by Crippen LogP contribution is 2.38. The summed E-state index contributed by atoms with van der Waals surface area (Å²) in [5, 5.41) is 3.03. The number of carbonyl (C=O) groups excluding carboxylic acids is 2. The van der Waals surface area contributed by atoms with Crippen molar-refractivity contribution in [3.8, 4) is 12.3 Å². The third kappa shape index (κ3) is 3.30. The molecule has 0 bridgehead atoms. The van der Waals surface area contributed by atoms with Crippen LogP contribution in [0, 0.1) is 12.3 Å². The van der Waals surface area contributed by atoms with Crippen LogP contribution in [0.25, 0.3) is 0 Å². The number of hydrogen-bond donors (Lipinski definition) is 1. The average molecular weight is 326 g/mol. The van der Waals surface area contributed by atoms with Crippen LogP contribution in [0.4, 0.5) is 0 Å². The molecule has 2 heterocycles. The number of rotatable bonds is 4. The number of nitrogens with zero attached hydrogens (tertiary/aromatic N) is 1. The van der Waals surface area contributed by atoms with Crippen molar-refractivity contribution in [3.63, 3.8) is 0 Å². The monoisotopic (exact) mass is 326 g/mol. The van der Waals surface area contributed by atoms with Crippen LogP contribution in [-0.2, 0) is 19.1 Å². The van der Waals surface area contributed by atoms with Crippen molar-refractivity contribution in [1.29, 1.82) is 0 Å². The highest BCUT2D eigenvalue weighted by Gasteiger charge is 2.38. The Labute approximate surface area is 140 Å². The number of ether oxygens (including phenoxy) is 2. The molecule has 124 valence electrons. The van der Waals surface area contributed by atoms with Crippen LogP contribution in [0.1, 0.15) is 25.5 Å². The van der Waals surface area contributed by atoms with Gasteiger partial charge in [-0.05, 0) is 26.0 Å². The largest absolute Gasteiger partial charge is 0.466 e. The summed E-state index contributed by atoms with van der Waals surface area (Å²) < 4.78 is 9.96. The number of dihydropyridines is 1. The molecule has 24 heavy (non-hydrogen) atoms. The van der Waals surface area contributed by atoms with E-state index >= 15 is 0 Å². The molecule has 6 heteroatoms. The first-order valence-corrected chi connectivity index (χ1v) is 7.29. The van der Waals surface area contributed by atoms with Crippen LogP contribution in [0.15, 0.2) is 46.9 Å². The fraction of sp³-hybridized carbons (Fsp3) is 0.278. The third-order valence-electron chi connectivity index (χ3n) is 3.66. The SMILES string of the molecule is C#CCOC(=O)C1=C(C)NC(C)=C(C(=O)OC)C1c1ccccn1. The van der Waals surface area contributed by atoms with Gasteiger partial charge in [-0.15, -0.1) is 6.42 Å². The molecule has 0 amide bonds. The van der Waals surface area contributed by atoms with E-state index in [0.717, 1.165) is 0 Å². The van der Waals surface area contributed by atoms with E-state index in [4.69, 9.17) is 15.9 Å². The molecule has 0 fully saturated rings. The average Bonchev–Trinajstić information content (AvgIpc) is 2.59. The molecule has 0 aromatic carbocycles. The predicted octanol–water partition coefficient (Wildman–Crippen LogP) is 1.67. The normalized spacial score (nSPS) is 17.0. The summed E-state index contributed by atoms with van der Waals surface area (Å²) in [5.41, 5.74) is 2.33. The Morgan fingerprint density at radius 1 is 1.25 bits per heavy atom. The number of aromatic nitrogens is 1. The zero-order valence-corrected chi connectivity index (χ0v) is 13.8. The summed E-state index contributed by atoms with van der Waals surface area (Å²) in [6.45, 7) is 3.33. The lowest BCUT2D eigenvalue weighted by Crippen LogP contribution is -2.32. The van der Waals surface area contributed by atoms with E-state index in [0.29, 0.717) is 22.7 Å². The fourth-order valence-corrected chi connectivity index (χ4v) is 2.67. The van der Waals surface area contributed by atoms with E-state index in [1.807, 2.05) is 0 Å². The molecule has 2 rings (SSSR count). The zero-order chi connectivity index (χ0) is 17.7. The van der Waals surface area contributed by atoms with Crippen molar-refractivity contribution >= 4 is 11.9 Å². The van der Waals surface area contributed by atoms with Gasteiger partial charge in [-0.25, -0.2) is 9.59 Å². The van der Waals surface area contributed by atoms with Gasteiger partial charge in [0.25, 0.3) is 0 Å². The maximum Gasteiger partial charge on any atom is 0.337 e. The van der Waals surface area contributed by atoms with E-state index < -0.39 is 17.9 Å². The van der Waals surface area contributed by atoms with Gasteiger partial charge < -0.3 is 14.8 Å². The Morgan fingerprint density at radius 2 is 1.92 bits per heavy atom. The van der Waals surface area contributed by atoms with Crippen molar-refractivity contribution in [2.45, 2.75) is 19.8 Å². The summed E-state index contributed by atoms with van der Waals surface area (Å²) in [6.07, 6.45) is 6.75. The summed E-state index contributed by atoms with van der Waals surface area (Å²) in [6, 6.07) is 5.29. The van der Waals surface area contributed by atoms with E-state index in [1.54, 1.807) is 38.2 Å². The van der Waals surface area contributed by atoms with Crippen molar-refractivity contribution in [3.05, 3.63) is 52.6 Å². The number of hydrogen-bond acceptors (Lipinski definition) is 6. The van der Waals surface area contributed by atoms with Gasteiger partial charge in [-0.1, -0.05) is 12.0 Å². The minimum absolute atomic E-state index is 0.152. The smallest absolute Gasteiger partial charge is 0.337 e. The summed E-state index contributed by atoms with van der Waals surface area (Å²) >= 11 is 0. The van der Waals surface area contributed by atoms with Gasteiger partial charge in [0.2, 0.25) is 0 Å². The number of nitrogens with one attached hydrogen (secondary N) is 1. The Morgan fingerprint density at radius 3 is 2.46 bits per heavy atom. The zero-order valence-electron chi connectivity index (χ0n) is 13.8. The first-order valence-electron chi connectivity index (χ1n) is 7.29. The summed E-state index contributed by atoms with van der Waals surface area (Å²) in [7, 11) is 1.29. The van der Waals surface area contributed by atoms with E-state index in [-0.39, 0.29) is 12.2 Å². The van der Waals surface area contributed by atoms with Crippen molar-refractivity contribution in [1.82, 2.24) is 10.3 Å². The Hall–Kier alpha value is -3.07. The van der Waals surface area contributed by atoms with Gasteiger partial charge in [0.05, 0.1) is 29.9 Å². The fourth-order valence-electron chi connectivity index (χ4n) is 2.67. The van der Waals surface area contributed by atoms with Crippen molar-refractivity contribution < 1.29 is 19.1 Å². The van der Waals surface area contributed by atoms with Crippen LogP contribution in [0.5, 0.6) is 0 Å². The Bertz CT molecular complexity index is 757. The highest BCUT2D eigenvalue weighted by molar-refractivity contribution is 5.99. The standard InChI is InChI=1S/C18H18N2O4/c1-5-10-24-18(22)15-12(3)20-11(2)14(17(21)23-4)16(15)13-8-6-7-9-19-13/h1,6-9,16,20H,10H2,2-4H3. The predicted molar refractivity (Wildman–Crippen MR) is 87.3 cm³/mol. The Balaban J connectivity index is 2.59. The maximum absolute atomic E-state index is 12.5. The lowest BCUT2D eigenvalue weighted by atomic mass is 9.83. The van der Waals surface area contributed by atoms with Crippen molar-refractivity contribution in [2.75, 3.05) is 13.7 Å². The third-order valence-corrected chi connectivity index (χ3v) is 3.66. The maximum atomic E-state index is 12.5. The molecule has 0 saturated carbocycles. The minimum atomic E-state index is -0.690. The van der Waals surface area contributed by atoms with Crippen molar-refractivity contribution in [2.24, 2.45) is 0 Å². The molecule has 1 aliphatic heterocycles.